The van der Waals surface area contributed by atoms with Crippen LogP contribution in [0.15, 0.2) is 42.5 Å². The van der Waals surface area contributed by atoms with Gasteiger partial charge in [-0.2, -0.15) is 0 Å². The largest absolute Gasteiger partial charge is 0.481 e. The molecule has 0 bridgehead atoms. The summed E-state index contributed by atoms with van der Waals surface area (Å²) >= 11 is 0. The van der Waals surface area contributed by atoms with E-state index >= 15 is 0 Å². The molecule has 2 aromatic carbocycles. The number of carboxylic acid groups (broad SMARTS) is 1. The van der Waals surface area contributed by atoms with E-state index in [1.165, 1.54) is 0 Å². The van der Waals surface area contributed by atoms with E-state index in [-0.39, 0.29) is 81.2 Å². The SMILES string of the molecule is CCCOCCOCCC(=O)NCC1CCC(C(=O)N[C@@H](Cc2ccc3ccccc3c2)C(=O)NCCCC[C@H](NC(=O)N[C@@H](CCC(=O)O)OC=O)OC=O)CC1. The van der Waals surface area contributed by atoms with Gasteiger partial charge < -0.3 is 50.6 Å². The third-order valence-electron chi connectivity index (χ3n) is 9.72. The van der Waals surface area contributed by atoms with Crippen LogP contribution in [0.5, 0.6) is 0 Å². The van der Waals surface area contributed by atoms with Crippen molar-refractivity contribution in [2.45, 2.75) is 102 Å². The van der Waals surface area contributed by atoms with E-state index in [0.29, 0.717) is 58.7 Å². The Labute approximate surface area is 339 Å². The molecule has 1 aliphatic rings. The van der Waals surface area contributed by atoms with Crippen LogP contribution < -0.4 is 26.6 Å². The number of carbonyl (C=O) groups is 7. The fourth-order valence-electron chi connectivity index (χ4n) is 6.57. The van der Waals surface area contributed by atoms with Crippen molar-refractivity contribution in [3.63, 3.8) is 0 Å². The number of rotatable bonds is 29. The van der Waals surface area contributed by atoms with Gasteiger partial charge in [0.15, 0.2) is 12.5 Å². The Balaban J connectivity index is 1.48. The van der Waals surface area contributed by atoms with E-state index in [1.807, 2.05) is 49.4 Å². The molecule has 0 aromatic heterocycles. The highest BCUT2D eigenvalue weighted by molar-refractivity contribution is 5.89. The second-order valence-corrected chi connectivity index (χ2v) is 14.2. The van der Waals surface area contributed by atoms with Crippen molar-refractivity contribution in [2.24, 2.45) is 11.8 Å². The molecule has 0 radical (unpaired) electrons. The van der Waals surface area contributed by atoms with Gasteiger partial charge in [0.05, 0.1) is 26.2 Å². The molecule has 1 fully saturated rings. The first-order chi connectivity index (χ1) is 28.1. The number of urea groups is 1. The van der Waals surface area contributed by atoms with Crippen LogP contribution >= 0.6 is 0 Å². The first-order valence-corrected chi connectivity index (χ1v) is 20.1. The third kappa shape index (κ3) is 18.8. The van der Waals surface area contributed by atoms with E-state index in [1.54, 1.807) is 0 Å². The number of hydrogen-bond acceptors (Lipinski definition) is 11. The first-order valence-electron chi connectivity index (χ1n) is 20.1. The molecule has 2 aromatic rings. The average molecular weight is 814 g/mol. The predicted molar refractivity (Wildman–Crippen MR) is 212 cm³/mol. The van der Waals surface area contributed by atoms with Gasteiger partial charge in [-0.15, -0.1) is 0 Å². The van der Waals surface area contributed by atoms with E-state index in [2.05, 4.69) is 26.6 Å². The number of fused-ring (bicyclic) bond motifs is 1. The van der Waals surface area contributed by atoms with Crippen LogP contribution in [0.1, 0.15) is 83.1 Å². The Bertz CT molecular complexity index is 1600. The number of unbranched alkanes of at least 4 members (excludes halogenated alkanes) is 1. The molecular weight excluding hydrogens is 754 g/mol. The maximum absolute atomic E-state index is 13.6. The van der Waals surface area contributed by atoms with Gasteiger partial charge in [-0.3, -0.25) is 28.8 Å². The molecule has 0 unspecified atom stereocenters. The van der Waals surface area contributed by atoms with E-state index < -0.39 is 30.5 Å². The van der Waals surface area contributed by atoms with Gasteiger partial charge in [-0.25, -0.2) is 4.79 Å². The summed E-state index contributed by atoms with van der Waals surface area (Å²) in [5.74, 6) is -1.76. The number of nitrogens with one attached hydrogen (secondary N) is 5. The minimum Gasteiger partial charge on any atom is -0.481 e. The predicted octanol–water partition coefficient (Wildman–Crippen LogP) is 3.07. The molecule has 3 atom stereocenters. The lowest BCUT2D eigenvalue weighted by atomic mass is 9.81. The molecule has 0 saturated heterocycles. The molecule has 320 valence electrons. The molecule has 5 amide bonds. The number of carboxylic acids is 1. The zero-order valence-electron chi connectivity index (χ0n) is 33.2. The fraction of sp³-hybridized carbons (Fsp3) is 0.585. The Kier molecular flexibility index (Phi) is 22.2. The topological polar surface area (TPSA) is 237 Å². The molecule has 58 heavy (non-hydrogen) atoms. The van der Waals surface area contributed by atoms with Crippen LogP contribution in [0, 0.1) is 11.8 Å². The summed E-state index contributed by atoms with van der Waals surface area (Å²) in [4.78, 5) is 84.5. The summed E-state index contributed by atoms with van der Waals surface area (Å²) in [6, 6.07) is 12.1. The van der Waals surface area contributed by atoms with Crippen molar-refractivity contribution in [1.29, 1.82) is 0 Å². The minimum atomic E-state index is -1.20. The van der Waals surface area contributed by atoms with Gasteiger partial charge in [0.1, 0.15) is 6.04 Å². The van der Waals surface area contributed by atoms with Crippen LogP contribution in [-0.4, -0.2) is 106 Å². The molecule has 17 heteroatoms. The summed E-state index contributed by atoms with van der Waals surface area (Å²) in [5, 5.41) is 24.6. The molecule has 0 spiro atoms. The van der Waals surface area contributed by atoms with Gasteiger partial charge in [0.2, 0.25) is 17.7 Å². The average Bonchev–Trinajstić information content (AvgIpc) is 3.21. The molecule has 6 N–H and O–H groups in total. The summed E-state index contributed by atoms with van der Waals surface area (Å²) in [7, 11) is 0. The third-order valence-corrected chi connectivity index (χ3v) is 9.72. The Morgan fingerprint density at radius 1 is 0.776 bits per heavy atom. The van der Waals surface area contributed by atoms with E-state index in [0.717, 1.165) is 35.6 Å². The number of ether oxygens (including phenoxy) is 4. The minimum absolute atomic E-state index is 0.0718. The van der Waals surface area contributed by atoms with Crippen LogP contribution in [-0.2, 0) is 54.1 Å². The number of amides is 5. The van der Waals surface area contributed by atoms with Crippen LogP contribution in [0.2, 0.25) is 0 Å². The monoisotopic (exact) mass is 813 g/mol. The highest BCUT2D eigenvalue weighted by Gasteiger charge is 2.30. The molecule has 3 rings (SSSR count). The molecule has 17 nitrogen and oxygen atoms in total. The number of aliphatic carboxylic acids is 1. The first kappa shape index (κ1) is 47.1. The van der Waals surface area contributed by atoms with Crippen molar-refractivity contribution in [2.75, 3.05) is 39.5 Å². The molecule has 1 saturated carbocycles. The lowest BCUT2D eigenvalue weighted by Crippen LogP contribution is -2.50. The zero-order valence-corrected chi connectivity index (χ0v) is 33.2. The van der Waals surface area contributed by atoms with E-state index in [9.17, 15) is 33.6 Å². The van der Waals surface area contributed by atoms with Crippen molar-refractivity contribution >= 4 is 53.4 Å². The second kappa shape index (κ2) is 27.4. The van der Waals surface area contributed by atoms with Gasteiger partial charge in [0, 0.05) is 51.3 Å². The van der Waals surface area contributed by atoms with Crippen molar-refractivity contribution < 1.29 is 57.6 Å². The second-order valence-electron chi connectivity index (χ2n) is 14.2. The highest BCUT2D eigenvalue weighted by Crippen LogP contribution is 2.29. The number of carbonyl (C=O) groups excluding carboxylic acids is 6. The van der Waals surface area contributed by atoms with Gasteiger partial charge in [0.25, 0.3) is 12.9 Å². The normalized spacial score (nSPS) is 16.5. The van der Waals surface area contributed by atoms with Crippen molar-refractivity contribution in [3.8, 4) is 0 Å². The zero-order chi connectivity index (χ0) is 42.0. The van der Waals surface area contributed by atoms with Crippen LogP contribution in [0.4, 0.5) is 4.79 Å². The molecular formula is C41H59N5O12. The highest BCUT2D eigenvalue weighted by atomic mass is 16.5. The summed E-state index contributed by atoms with van der Waals surface area (Å²) in [6.45, 7) is 5.06. The summed E-state index contributed by atoms with van der Waals surface area (Å²) < 4.78 is 20.5. The molecule has 1 aliphatic carbocycles. The summed E-state index contributed by atoms with van der Waals surface area (Å²) in [6.07, 6.45) is 2.59. The lowest BCUT2D eigenvalue weighted by molar-refractivity contribution is -0.141. The fourth-order valence-corrected chi connectivity index (χ4v) is 6.57. The molecule has 0 aliphatic heterocycles. The van der Waals surface area contributed by atoms with Crippen molar-refractivity contribution in [1.82, 2.24) is 26.6 Å². The Hall–Kier alpha value is -5.29. The maximum atomic E-state index is 13.6. The van der Waals surface area contributed by atoms with Crippen molar-refractivity contribution in [3.05, 3.63) is 48.0 Å². The maximum Gasteiger partial charge on any atom is 0.320 e. The van der Waals surface area contributed by atoms with Crippen LogP contribution in [0.3, 0.4) is 0 Å². The van der Waals surface area contributed by atoms with Gasteiger partial charge in [-0.1, -0.05) is 49.4 Å². The summed E-state index contributed by atoms with van der Waals surface area (Å²) in [5.41, 5.74) is 0.885. The van der Waals surface area contributed by atoms with Crippen LogP contribution in [0.25, 0.3) is 10.8 Å². The number of hydrogen-bond donors (Lipinski definition) is 6. The number of benzene rings is 2. The van der Waals surface area contributed by atoms with E-state index in [4.69, 9.17) is 24.1 Å². The van der Waals surface area contributed by atoms with Gasteiger partial charge >= 0.3 is 12.0 Å². The Morgan fingerprint density at radius 2 is 1.45 bits per heavy atom. The molecule has 0 heterocycles. The Morgan fingerprint density at radius 3 is 2.12 bits per heavy atom. The lowest BCUT2D eigenvalue weighted by Gasteiger charge is -2.29. The standard InChI is InChI=1S/C41H59N5O12/c1-2-20-55-22-23-56-21-18-35(49)43-26-29-10-14-32(15-11-29)39(52)44-34(25-30-12-13-31-7-3-4-8-33(31)24-30)40(53)42-19-6-5-9-36(57-27-47)45-41(54)46-37(58-28-48)16-17-38(50)51/h3-4,7-8,12-13,24,27-29,32,34,36-37H,2,5-6,9-11,14-23,25-26H2,1H3,(H,42,53)(H,43,49)(H,44,52)(H,50,51)(H2,45,46,54)/t29?,32?,34-,36+,37+/m0/s1. The van der Waals surface area contributed by atoms with Gasteiger partial charge in [-0.05, 0) is 67.2 Å². The quantitative estimate of drug-likeness (QED) is 0.0395. The smallest absolute Gasteiger partial charge is 0.320 e.